The lowest BCUT2D eigenvalue weighted by atomic mass is 10.1. The number of anilines is 1. The zero-order valence-corrected chi connectivity index (χ0v) is 12.9. The van der Waals surface area contributed by atoms with Gasteiger partial charge in [0.05, 0.1) is 6.20 Å². The van der Waals surface area contributed by atoms with Gasteiger partial charge in [0.1, 0.15) is 11.3 Å². The van der Waals surface area contributed by atoms with Gasteiger partial charge in [-0.25, -0.2) is 9.97 Å². The van der Waals surface area contributed by atoms with Crippen LogP contribution in [-0.4, -0.2) is 53.6 Å². The van der Waals surface area contributed by atoms with Crippen LogP contribution in [0.15, 0.2) is 12.5 Å². The third-order valence-electron chi connectivity index (χ3n) is 3.97. The van der Waals surface area contributed by atoms with Crippen molar-refractivity contribution in [2.24, 2.45) is 5.73 Å². The van der Waals surface area contributed by atoms with Crippen molar-refractivity contribution in [1.29, 1.82) is 0 Å². The molecule has 0 spiro atoms. The molecule has 1 unspecified atom stereocenters. The molecule has 1 aromatic heterocycles. The summed E-state index contributed by atoms with van der Waals surface area (Å²) in [5, 5.41) is 0.634. The van der Waals surface area contributed by atoms with E-state index in [0.717, 1.165) is 57.8 Å². The van der Waals surface area contributed by atoms with Crippen molar-refractivity contribution in [1.82, 2.24) is 14.9 Å². The molecule has 0 radical (unpaired) electrons. The number of halogens is 1. The lowest BCUT2D eigenvalue weighted by Crippen LogP contribution is -2.39. The van der Waals surface area contributed by atoms with E-state index in [2.05, 4.69) is 26.7 Å². The Balaban J connectivity index is 2.00. The maximum absolute atomic E-state index is 6.19. The Morgan fingerprint density at radius 2 is 2.20 bits per heavy atom. The van der Waals surface area contributed by atoms with Crippen LogP contribution in [-0.2, 0) is 0 Å². The lowest BCUT2D eigenvalue weighted by Gasteiger charge is -2.29. The molecule has 2 N–H and O–H groups in total. The summed E-state index contributed by atoms with van der Waals surface area (Å²) in [4.78, 5) is 13.1. The summed E-state index contributed by atoms with van der Waals surface area (Å²) in [6, 6.07) is 0.598. The summed E-state index contributed by atoms with van der Waals surface area (Å²) < 4.78 is 0. The van der Waals surface area contributed by atoms with Crippen LogP contribution in [0.25, 0.3) is 0 Å². The minimum Gasteiger partial charge on any atom is -0.354 e. The Bertz CT molecular complexity index is 414. The Morgan fingerprint density at radius 3 is 2.90 bits per heavy atom. The van der Waals surface area contributed by atoms with Gasteiger partial charge in [-0.2, -0.15) is 0 Å². The van der Waals surface area contributed by atoms with Crippen LogP contribution >= 0.6 is 11.6 Å². The summed E-state index contributed by atoms with van der Waals surface area (Å²) >= 11 is 6.19. The van der Waals surface area contributed by atoms with E-state index < -0.39 is 0 Å². The third kappa shape index (κ3) is 3.81. The van der Waals surface area contributed by atoms with Gasteiger partial charge in [0.2, 0.25) is 0 Å². The minimum absolute atomic E-state index is 0.598. The first kappa shape index (κ1) is 15.5. The van der Waals surface area contributed by atoms with Crippen molar-refractivity contribution in [3.8, 4) is 0 Å². The van der Waals surface area contributed by atoms with Crippen LogP contribution in [0, 0.1) is 0 Å². The van der Waals surface area contributed by atoms with Crippen LogP contribution in [0.4, 0.5) is 5.82 Å². The van der Waals surface area contributed by atoms with Gasteiger partial charge in [-0.1, -0.05) is 18.5 Å². The molecule has 0 aromatic carbocycles. The second-order valence-corrected chi connectivity index (χ2v) is 5.62. The first-order valence-corrected chi connectivity index (χ1v) is 7.78. The highest BCUT2D eigenvalue weighted by Gasteiger charge is 2.22. The highest BCUT2D eigenvalue weighted by molar-refractivity contribution is 6.32. The smallest absolute Gasteiger partial charge is 0.150 e. The average molecular weight is 298 g/mol. The van der Waals surface area contributed by atoms with Gasteiger partial charge in [-0.3, -0.25) is 4.90 Å². The molecule has 1 fully saturated rings. The molecule has 1 atom stereocenters. The Kier molecular flexibility index (Phi) is 6.01. The van der Waals surface area contributed by atoms with Crippen LogP contribution in [0.5, 0.6) is 0 Å². The molecule has 5 nitrogen and oxygen atoms in total. The largest absolute Gasteiger partial charge is 0.354 e. The topological polar surface area (TPSA) is 58.3 Å². The fourth-order valence-corrected chi connectivity index (χ4v) is 3.12. The van der Waals surface area contributed by atoms with Gasteiger partial charge >= 0.3 is 0 Å². The number of rotatable bonds is 5. The SMILES string of the molecule is CCC(CCN)N1CCCN(c2ncncc2Cl)CC1. The molecule has 0 amide bonds. The molecule has 20 heavy (non-hydrogen) atoms. The Labute approximate surface area is 126 Å². The molecule has 1 saturated heterocycles. The molecule has 0 bridgehead atoms. The number of hydrogen-bond donors (Lipinski definition) is 1. The van der Waals surface area contributed by atoms with E-state index in [-0.39, 0.29) is 0 Å². The number of hydrogen-bond acceptors (Lipinski definition) is 5. The zero-order chi connectivity index (χ0) is 14.4. The standard InChI is InChI=1S/C14H24ClN5/c1-2-12(4-5-16)19-6-3-7-20(9-8-19)14-13(15)10-17-11-18-14/h10-12H,2-9,16H2,1H3. The van der Waals surface area contributed by atoms with Crippen LogP contribution in [0.2, 0.25) is 5.02 Å². The van der Waals surface area contributed by atoms with Gasteiger partial charge in [0, 0.05) is 32.2 Å². The predicted octanol–water partition coefficient (Wildman–Crippen LogP) is 1.77. The fraction of sp³-hybridized carbons (Fsp3) is 0.714. The first-order valence-electron chi connectivity index (χ1n) is 7.40. The van der Waals surface area contributed by atoms with E-state index in [1.165, 1.54) is 0 Å². The van der Waals surface area contributed by atoms with E-state index in [1.807, 2.05) is 0 Å². The normalized spacial score (nSPS) is 18.9. The summed E-state index contributed by atoms with van der Waals surface area (Å²) in [5.74, 6) is 0.857. The van der Waals surface area contributed by atoms with Crippen molar-refractivity contribution in [3.63, 3.8) is 0 Å². The molecule has 1 aromatic rings. The summed E-state index contributed by atoms with van der Waals surface area (Å²) in [6.07, 6.45) is 6.58. The molecule has 112 valence electrons. The van der Waals surface area contributed by atoms with E-state index in [4.69, 9.17) is 17.3 Å². The highest BCUT2D eigenvalue weighted by atomic mass is 35.5. The minimum atomic E-state index is 0.598. The van der Waals surface area contributed by atoms with E-state index in [0.29, 0.717) is 11.1 Å². The third-order valence-corrected chi connectivity index (χ3v) is 4.23. The maximum Gasteiger partial charge on any atom is 0.150 e. The first-order chi connectivity index (χ1) is 9.76. The van der Waals surface area contributed by atoms with Crippen LogP contribution in [0.1, 0.15) is 26.2 Å². The predicted molar refractivity (Wildman–Crippen MR) is 83.2 cm³/mol. The van der Waals surface area contributed by atoms with Gasteiger partial charge in [0.15, 0.2) is 5.82 Å². The molecule has 2 rings (SSSR count). The van der Waals surface area contributed by atoms with Gasteiger partial charge in [0.25, 0.3) is 0 Å². The monoisotopic (exact) mass is 297 g/mol. The number of nitrogens with zero attached hydrogens (tertiary/aromatic N) is 4. The van der Waals surface area contributed by atoms with E-state index >= 15 is 0 Å². The van der Waals surface area contributed by atoms with Crippen molar-refractivity contribution in [2.45, 2.75) is 32.2 Å². The van der Waals surface area contributed by atoms with Gasteiger partial charge in [-0.05, 0) is 25.8 Å². The summed E-state index contributed by atoms with van der Waals surface area (Å²) in [6.45, 7) is 7.11. The molecular formula is C14H24ClN5. The lowest BCUT2D eigenvalue weighted by molar-refractivity contribution is 0.196. The van der Waals surface area contributed by atoms with Crippen molar-refractivity contribution < 1.29 is 0 Å². The van der Waals surface area contributed by atoms with Crippen LogP contribution in [0.3, 0.4) is 0 Å². The number of nitrogens with two attached hydrogens (primary N) is 1. The highest BCUT2D eigenvalue weighted by Crippen LogP contribution is 2.23. The Morgan fingerprint density at radius 1 is 1.35 bits per heavy atom. The van der Waals surface area contributed by atoms with Gasteiger partial charge in [-0.15, -0.1) is 0 Å². The molecule has 1 aliphatic rings. The van der Waals surface area contributed by atoms with Crippen LogP contribution < -0.4 is 10.6 Å². The van der Waals surface area contributed by atoms with Crippen molar-refractivity contribution in [2.75, 3.05) is 37.6 Å². The molecule has 0 aliphatic carbocycles. The summed E-state index contributed by atoms with van der Waals surface area (Å²) in [7, 11) is 0. The van der Waals surface area contributed by atoms with E-state index in [1.54, 1.807) is 12.5 Å². The average Bonchev–Trinajstić information content (AvgIpc) is 2.71. The second kappa shape index (κ2) is 7.76. The molecule has 6 heteroatoms. The molecular weight excluding hydrogens is 274 g/mol. The van der Waals surface area contributed by atoms with Crippen molar-refractivity contribution in [3.05, 3.63) is 17.5 Å². The maximum atomic E-state index is 6.19. The summed E-state index contributed by atoms with van der Waals surface area (Å²) in [5.41, 5.74) is 5.72. The number of aromatic nitrogens is 2. The van der Waals surface area contributed by atoms with Crippen molar-refractivity contribution >= 4 is 17.4 Å². The second-order valence-electron chi connectivity index (χ2n) is 5.21. The fourth-order valence-electron chi connectivity index (χ4n) is 2.89. The van der Waals surface area contributed by atoms with E-state index in [9.17, 15) is 0 Å². The quantitative estimate of drug-likeness (QED) is 0.897. The zero-order valence-electron chi connectivity index (χ0n) is 12.1. The van der Waals surface area contributed by atoms with Gasteiger partial charge < -0.3 is 10.6 Å². The molecule has 0 saturated carbocycles. The Hall–Kier alpha value is -0.910. The molecule has 1 aliphatic heterocycles. The molecule has 2 heterocycles.